The fraction of sp³-hybridized carbons (Fsp3) is 0.250. The van der Waals surface area contributed by atoms with Crippen molar-refractivity contribution in [3.8, 4) is 0 Å². The van der Waals surface area contributed by atoms with Gasteiger partial charge < -0.3 is 14.8 Å². The molecule has 0 fully saturated rings. The summed E-state index contributed by atoms with van der Waals surface area (Å²) in [7, 11) is 0. The third-order valence-corrected chi connectivity index (χ3v) is 2.99. The predicted molar refractivity (Wildman–Crippen MR) is 78.0 cm³/mol. The first-order chi connectivity index (χ1) is 11.1. The summed E-state index contributed by atoms with van der Waals surface area (Å²) in [6.45, 7) is 1.64. The number of ketones is 4. The van der Waals surface area contributed by atoms with Gasteiger partial charge in [0, 0.05) is 12.2 Å². The molecule has 7 heteroatoms. The molecule has 2 aliphatic carbocycles. The first kappa shape index (κ1) is 16.6. The van der Waals surface area contributed by atoms with Crippen LogP contribution in [0.5, 0.6) is 0 Å². The van der Waals surface area contributed by atoms with E-state index < -0.39 is 0 Å². The zero-order valence-electron chi connectivity index (χ0n) is 12.3. The van der Waals surface area contributed by atoms with Gasteiger partial charge in [0.1, 0.15) is 26.3 Å². The monoisotopic (exact) mass is 318 g/mol. The lowest BCUT2D eigenvalue weighted by Crippen LogP contribution is -2.86. The maximum Gasteiger partial charge on any atom is 0.220 e. The van der Waals surface area contributed by atoms with E-state index in [4.69, 9.17) is 9.47 Å². The number of hydrogen-bond acceptors (Lipinski definition) is 6. The second-order valence-corrected chi connectivity index (χ2v) is 4.78. The van der Waals surface area contributed by atoms with Crippen LogP contribution in [-0.4, -0.2) is 49.4 Å². The number of carbonyl (C=O) groups excluding carboxylic acids is 4. The van der Waals surface area contributed by atoms with E-state index in [0.717, 1.165) is 12.2 Å². The second-order valence-electron chi connectivity index (χ2n) is 4.78. The highest BCUT2D eigenvalue weighted by atomic mass is 16.5. The Bertz CT molecular complexity index is 597. The summed E-state index contributed by atoms with van der Waals surface area (Å²) in [6, 6.07) is 0. The molecule has 0 atom stereocenters. The summed E-state index contributed by atoms with van der Waals surface area (Å²) < 4.78 is 10.5. The minimum Gasteiger partial charge on any atom is -0.483 e. The van der Waals surface area contributed by atoms with Crippen LogP contribution in [0.1, 0.15) is 0 Å². The Hall–Kier alpha value is -2.80. The van der Waals surface area contributed by atoms with Gasteiger partial charge in [-0.05, 0) is 24.3 Å². The Morgan fingerprint density at radius 2 is 1.13 bits per heavy atom. The number of allylic oxidation sites excluding steroid dienone is 6. The molecule has 0 spiro atoms. The molecule has 2 N–H and O–H groups in total. The molecule has 7 nitrogen and oxygen atoms in total. The Morgan fingerprint density at radius 1 is 0.696 bits per heavy atom. The third-order valence-electron chi connectivity index (χ3n) is 2.99. The highest BCUT2D eigenvalue weighted by Gasteiger charge is 2.15. The Balaban J connectivity index is 1.58. The molecule has 0 aliphatic heterocycles. The van der Waals surface area contributed by atoms with Crippen LogP contribution >= 0.6 is 0 Å². The molecule has 0 aromatic carbocycles. The predicted octanol–water partition coefficient (Wildman–Crippen LogP) is -1.23. The van der Waals surface area contributed by atoms with Crippen LogP contribution in [0.3, 0.4) is 0 Å². The van der Waals surface area contributed by atoms with Gasteiger partial charge in [0.05, 0.1) is 0 Å². The average molecular weight is 318 g/mol. The molecule has 0 bridgehead atoms. The third kappa shape index (κ3) is 5.15. The molecule has 0 aromatic rings. The molecule has 0 aromatic heterocycles. The number of ether oxygens (including phenoxy) is 2. The molecule has 23 heavy (non-hydrogen) atoms. The van der Waals surface area contributed by atoms with Crippen molar-refractivity contribution < 1.29 is 34.0 Å². The van der Waals surface area contributed by atoms with E-state index in [1.807, 2.05) is 5.32 Å². The van der Waals surface area contributed by atoms with Crippen molar-refractivity contribution in [1.82, 2.24) is 0 Å². The van der Waals surface area contributed by atoms with Crippen molar-refractivity contribution in [1.29, 1.82) is 0 Å². The average Bonchev–Trinajstić information content (AvgIpc) is 2.52. The Kier molecular flexibility index (Phi) is 5.76. The minimum absolute atomic E-state index is 0.0467. The molecular formula is C16H16NO6+. The molecule has 0 saturated heterocycles. The van der Waals surface area contributed by atoms with Crippen LogP contribution in [0, 0.1) is 0 Å². The normalized spacial score (nSPS) is 17.2. The van der Waals surface area contributed by atoms with Crippen LogP contribution in [0.15, 0.2) is 48.0 Å². The number of quaternary nitrogens is 1. The summed E-state index contributed by atoms with van der Waals surface area (Å²) in [5.41, 5.74) is 0. The lowest BCUT2D eigenvalue weighted by molar-refractivity contribution is -0.657. The van der Waals surface area contributed by atoms with Crippen molar-refractivity contribution in [2.75, 3.05) is 26.3 Å². The summed E-state index contributed by atoms with van der Waals surface area (Å²) >= 11 is 0. The Morgan fingerprint density at radius 3 is 1.57 bits per heavy atom. The van der Waals surface area contributed by atoms with Gasteiger partial charge in [-0.1, -0.05) is 0 Å². The highest BCUT2D eigenvalue weighted by Crippen LogP contribution is 2.06. The lowest BCUT2D eigenvalue weighted by atomic mass is 10.1. The van der Waals surface area contributed by atoms with E-state index in [1.165, 1.54) is 24.3 Å². The molecule has 0 unspecified atom stereocenters. The van der Waals surface area contributed by atoms with E-state index in [9.17, 15) is 19.2 Å². The van der Waals surface area contributed by atoms with Gasteiger partial charge in [0.2, 0.25) is 11.6 Å². The van der Waals surface area contributed by atoms with Crippen molar-refractivity contribution in [3.63, 3.8) is 0 Å². The molecular weight excluding hydrogens is 302 g/mol. The Labute approximate surface area is 132 Å². The van der Waals surface area contributed by atoms with Crippen LogP contribution in [0.25, 0.3) is 0 Å². The minimum atomic E-state index is -0.326. The van der Waals surface area contributed by atoms with Crippen LogP contribution in [-0.2, 0) is 28.7 Å². The van der Waals surface area contributed by atoms with E-state index in [-0.39, 0.29) is 47.9 Å². The fourth-order valence-electron chi connectivity index (χ4n) is 1.85. The fourth-order valence-corrected chi connectivity index (χ4v) is 1.85. The van der Waals surface area contributed by atoms with Gasteiger partial charge >= 0.3 is 0 Å². The van der Waals surface area contributed by atoms with Crippen molar-refractivity contribution in [2.24, 2.45) is 0 Å². The van der Waals surface area contributed by atoms with E-state index >= 15 is 0 Å². The summed E-state index contributed by atoms with van der Waals surface area (Å²) in [6.07, 6.45) is 7.08. The van der Waals surface area contributed by atoms with Crippen molar-refractivity contribution >= 4 is 23.1 Å². The zero-order chi connectivity index (χ0) is 16.7. The quantitative estimate of drug-likeness (QED) is 0.444. The van der Waals surface area contributed by atoms with Gasteiger partial charge in [-0.25, -0.2) is 0 Å². The largest absolute Gasteiger partial charge is 0.483 e. The van der Waals surface area contributed by atoms with Gasteiger partial charge in [0.25, 0.3) is 0 Å². The van der Waals surface area contributed by atoms with E-state index in [2.05, 4.69) is 0 Å². The molecule has 0 amide bonds. The molecule has 2 rings (SSSR count). The number of hydrogen-bond donors (Lipinski definition) is 1. The standard InChI is InChI=1S/C16H15NO6/c18-11-1-3-13(20)15(9-11)22-7-5-17-6-8-23-16-10-12(19)2-4-14(16)21/h1-4,9-10,17H,5-8H2/p+1. The molecule has 0 heterocycles. The van der Waals surface area contributed by atoms with Crippen LogP contribution < -0.4 is 5.32 Å². The van der Waals surface area contributed by atoms with E-state index in [0.29, 0.717) is 13.1 Å². The zero-order valence-corrected chi connectivity index (χ0v) is 12.3. The number of rotatable bonds is 8. The van der Waals surface area contributed by atoms with Gasteiger partial charge in [-0.15, -0.1) is 0 Å². The topological polar surface area (TPSA) is 103 Å². The first-order valence-electron chi connectivity index (χ1n) is 7.09. The van der Waals surface area contributed by atoms with Gasteiger partial charge in [-0.3, -0.25) is 19.2 Å². The number of carbonyl (C=O) groups is 4. The van der Waals surface area contributed by atoms with Gasteiger partial charge in [0.15, 0.2) is 23.1 Å². The van der Waals surface area contributed by atoms with Crippen LogP contribution in [0.2, 0.25) is 0 Å². The van der Waals surface area contributed by atoms with Crippen LogP contribution in [0.4, 0.5) is 0 Å². The summed E-state index contributed by atoms with van der Waals surface area (Å²) in [5.74, 6) is -1.10. The SMILES string of the molecule is O=C1C=CC(=O)C(OCC[NH2+]CCOC2=CC(=O)C=CC2=O)=C1. The molecule has 0 radical (unpaired) electrons. The first-order valence-corrected chi connectivity index (χ1v) is 7.09. The molecule has 2 aliphatic rings. The van der Waals surface area contributed by atoms with E-state index in [1.54, 1.807) is 0 Å². The molecule has 120 valence electrons. The number of nitrogens with two attached hydrogens (primary N) is 1. The molecule has 0 saturated carbocycles. The second kappa shape index (κ2) is 8.00. The maximum absolute atomic E-state index is 11.4. The lowest BCUT2D eigenvalue weighted by Gasteiger charge is -2.10. The van der Waals surface area contributed by atoms with Gasteiger partial charge in [-0.2, -0.15) is 0 Å². The summed E-state index contributed by atoms with van der Waals surface area (Å²) in [5, 5.41) is 1.87. The van der Waals surface area contributed by atoms with Crippen molar-refractivity contribution in [3.05, 3.63) is 48.0 Å². The highest BCUT2D eigenvalue weighted by molar-refractivity contribution is 6.16. The maximum atomic E-state index is 11.4. The smallest absolute Gasteiger partial charge is 0.220 e. The summed E-state index contributed by atoms with van der Waals surface area (Å²) in [4.78, 5) is 45.0. The van der Waals surface area contributed by atoms with Crippen molar-refractivity contribution in [2.45, 2.75) is 0 Å².